The number of carbonyl (C=O) groups excluding carboxylic acids is 1. The van der Waals surface area contributed by atoms with E-state index in [0.717, 1.165) is 11.6 Å². The first-order chi connectivity index (χ1) is 14.6. The fraction of sp³-hybridized carbons (Fsp3) is 0.391. The Morgan fingerprint density at radius 2 is 1.75 bits per heavy atom. The molecule has 1 aromatic rings. The van der Waals surface area contributed by atoms with Crippen molar-refractivity contribution >= 4 is 30.0 Å². The summed E-state index contributed by atoms with van der Waals surface area (Å²) in [6, 6.07) is 3.55. The van der Waals surface area contributed by atoms with E-state index in [1.54, 1.807) is 26.0 Å². The van der Waals surface area contributed by atoms with Crippen molar-refractivity contribution in [2.24, 2.45) is 0 Å². The molecule has 2 rings (SSSR count). The van der Waals surface area contributed by atoms with Crippen LogP contribution in [0.2, 0.25) is 0 Å². The number of nitrogens with zero attached hydrogens (tertiary/aromatic N) is 1. The number of hydrogen-bond donors (Lipinski definition) is 1. The number of aromatic nitrogens is 1. The first-order valence-corrected chi connectivity index (χ1v) is 11.1. The summed E-state index contributed by atoms with van der Waals surface area (Å²) in [6.07, 6.45) is 5.54. The molecule has 1 amide bonds. The second-order valence-electron chi connectivity index (χ2n) is 8.04. The van der Waals surface area contributed by atoms with E-state index < -0.39 is 28.3 Å². The molecule has 0 radical (unpaired) electrons. The summed E-state index contributed by atoms with van der Waals surface area (Å²) in [6.45, 7) is 9.65. The monoisotopic (exact) mass is 486 g/mol. The van der Waals surface area contributed by atoms with Crippen LogP contribution in [0.15, 0.2) is 53.7 Å². The first-order valence-electron chi connectivity index (χ1n) is 9.98. The normalized spacial score (nSPS) is 17.2. The minimum absolute atomic E-state index is 0.107. The summed E-state index contributed by atoms with van der Waals surface area (Å²) in [5, 5.41) is 2.93. The third-order valence-electron chi connectivity index (χ3n) is 5.39. The van der Waals surface area contributed by atoms with E-state index in [1.807, 2.05) is 6.07 Å². The third-order valence-corrected chi connectivity index (χ3v) is 6.21. The van der Waals surface area contributed by atoms with Gasteiger partial charge in [-0.15, -0.1) is 0 Å². The highest BCUT2D eigenvalue weighted by Gasteiger charge is 2.47. The number of aryl methyl sites for hydroxylation is 1. The molecule has 9 heteroatoms. The number of halogens is 4. The Kier molecular flexibility index (Phi) is 7.90. The predicted molar refractivity (Wildman–Crippen MR) is 128 cm³/mol. The lowest BCUT2D eigenvalue weighted by Crippen LogP contribution is -2.36. The van der Waals surface area contributed by atoms with Gasteiger partial charge in [0.25, 0.3) is 11.3 Å². The van der Waals surface area contributed by atoms with E-state index >= 15 is 0 Å². The number of pyridine rings is 1. The molecule has 1 N–H and O–H groups in total. The van der Waals surface area contributed by atoms with Gasteiger partial charge in [-0.3, -0.25) is 9.78 Å². The zero-order valence-electron chi connectivity index (χ0n) is 18.5. The lowest BCUT2D eigenvalue weighted by atomic mass is 10.00. The number of allylic oxidation sites excluding steroid dienone is 6. The van der Waals surface area contributed by atoms with Crippen molar-refractivity contribution in [2.75, 3.05) is 0 Å². The topological polar surface area (TPSA) is 42.0 Å². The molecule has 1 aliphatic rings. The molecule has 3 nitrogen and oxygen atoms in total. The van der Waals surface area contributed by atoms with Crippen molar-refractivity contribution in [3.8, 4) is 0 Å². The van der Waals surface area contributed by atoms with Gasteiger partial charge in [-0.05, 0) is 75.5 Å². The molecule has 1 fully saturated rings. The van der Waals surface area contributed by atoms with Gasteiger partial charge < -0.3 is 5.32 Å². The Hall–Kier alpha value is -1.84. The van der Waals surface area contributed by atoms with E-state index in [1.165, 1.54) is 38.4 Å². The molecule has 32 heavy (non-hydrogen) atoms. The minimum atomic E-state index is -3.19. The number of carbonyl (C=O) groups is 1. The predicted octanol–water partition coefficient (Wildman–Crippen LogP) is 6.28. The number of amides is 1. The van der Waals surface area contributed by atoms with Crippen LogP contribution in [-0.4, -0.2) is 22.2 Å². The molecule has 1 aliphatic carbocycles. The number of hydrogen-bond acceptors (Lipinski definition) is 2. The second-order valence-corrected chi connectivity index (χ2v) is 9.49. The molecule has 0 aliphatic heterocycles. The Morgan fingerprint density at radius 3 is 2.19 bits per heavy atom. The van der Waals surface area contributed by atoms with Gasteiger partial charge in [0, 0.05) is 16.8 Å². The maximum atomic E-state index is 13.5. The zero-order valence-corrected chi connectivity index (χ0v) is 20.8. The van der Waals surface area contributed by atoms with E-state index in [-0.39, 0.29) is 11.1 Å². The van der Waals surface area contributed by atoms with Crippen molar-refractivity contribution in [1.29, 1.82) is 0 Å². The van der Waals surface area contributed by atoms with Crippen LogP contribution in [0.3, 0.4) is 0 Å². The summed E-state index contributed by atoms with van der Waals surface area (Å²) in [7, 11) is 2.91. The summed E-state index contributed by atoms with van der Waals surface area (Å²) in [4.78, 5) is 17.2. The molecule has 1 saturated carbocycles. The smallest absolute Gasteiger partial charge is 0.283 e. The molecule has 1 aromatic heterocycles. The van der Waals surface area contributed by atoms with E-state index in [4.69, 9.17) is 0 Å². The van der Waals surface area contributed by atoms with Gasteiger partial charge in [0.1, 0.15) is 0 Å². The molecule has 0 saturated heterocycles. The molecular formula is C23H28F4N2OP2. The summed E-state index contributed by atoms with van der Waals surface area (Å²) < 4.78 is 53.7. The van der Waals surface area contributed by atoms with Crippen LogP contribution >= 0.6 is 18.5 Å². The van der Waals surface area contributed by atoms with E-state index in [2.05, 4.69) is 16.9 Å². The highest BCUT2D eigenvalue weighted by Crippen LogP contribution is 2.47. The van der Waals surface area contributed by atoms with Gasteiger partial charge in [0.2, 0.25) is 5.91 Å². The van der Waals surface area contributed by atoms with Crippen molar-refractivity contribution in [1.82, 2.24) is 10.3 Å². The van der Waals surface area contributed by atoms with Gasteiger partial charge in [0.15, 0.2) is 0 Å². The Bertz CT molecular complexity index is 1010. The Balaban J connectivity index is 2.27. The molecule has 0 bridgehead atoms. The lowest BCUT2D eigenvalue weighted by Gasteiger charge is -2.21. The van der Waals surface area contributed by atoms with Crippen molar-refractivity contribution in [2.45, 2.75) is 57.4 Å². The Labute approximate surface area is 190 Å². The summed E-state index contributed by atoms with van der Waals surface area (Å²) >= 11 is 0. The van der Waals surface area contributed by atoms with Crippen LogP contribution < -0.4 is 5.32 Å². The van der Waals surface area contributed by atoms with Crippen LogP contribution in [0.1, 0.15) is 50.6 Å². The van der Waals surface area contributed by atoms with Gasteiger partial charge in [-0.1, -0.05) is 37.2 Å². The number of alkyl halides is 4. The molecule has 1 heterocycles. The highest BCUT2D eigenvalue weighted by molar-refractivity contribution is 7.18. The fourth-order valence-corrected chi connectivity index (χ4v) is 3.35. The largest absolute Gasteiger partial charge is 0.343 e. The molecule has 0 aromatic carbocycles. The third kappa shape index (κ3) is 6.36. The molecule has 2 atom stereocenters. The van der Waals surface area contributed by atoms with Gasteiger partial charge >= 0.3 is 0 Å². The quantitative estimate of drug-likeness (QED) is 0.203. The highest BCUT2D eigenvalue weighted by atomic mass is 31.0. The van der Waals surface area contributed by atoms with Crippen LogP contribution in [0.5, 0.6) is 0 Å². The molecular weight excluding hydrogens is 458 g/mol. The van der Waals surface area contributed by atoms with Crippen molar-refractivity contribution < 1.29 is 22.4 Å². The van der Waals surface area contributed by atoms with Crippen LogP contribution in [-0.2, 0) is 10.3 Å². The average Bonchev–Trinajstić information content (AvgIpc) is 3.44. The number of nitrogens with one attached hydrogen (secondary N) is 1. The summed E-state index contributed by atoms with van der Waals surface area (Å²) in [5.41, 5.74) is -4.71. The van der Waals surface area contributed by atoms with E-state index in [0.29, 0.717) is 29.8 Å². The Morgan fingerprint density at radius 1 is 1.16 bits per heavy atom. The zero-order chi connectivity index (χ0) is 24.5. The lowest BCUT2D eigenvalue weighted by molar-refractivity contribution is -0.118. The van der Waals surface area contributed by atoms with Crippen LogP contribution in [0, 0.1) is 6.92 Å². The van der Waals surface area contributed by atoms with Crippen LogP contribution in [0.4, 0.5) is 17.6 Å². The van der Waals surface area contributed by atoms with Crippen molar-refractivity contribution in [3.63, 3.8) is 0 Å². The average molecular weight is 486 g/mol. The van der Waals surface area contributed by atoms with Gasteiger partial charge in [-0.25, -0.2) is 0 Å². The first kappa shape index (κ1) is 26.4. The standard InChI is InChI=1S/C23H28F4N2OP2/c1-6-17(12-15(4)23(26,27)32)19-8-7-18(16(5)28-19)21(9-10-21)29-20(30)13(2)11-14(3)22(24,25)31/h6-8,11-12H,3,9-10,31-32H2,1-2,4-5H3,(H,29,30)/b13-11+,15-12+,17-6+. The SMILES string of the molecule is C=C(/C=C(\C)C(=O)NC1(c2ccc(C(=C/C)/C=C(\C)C(F)(F)P)nc2C)CC1)C(F)(F)P. The molecule has 2 unspecified atom stereocenters. The molecule has 174 valence electrons. The summed E-state index contributed by atoms with van der Waals surface area (Å²) in [5.74, 6) is -0.461. The van der Waals surface area contributed by atoms with Crippen LogP contribution in [0.25, 0.3) is 5.57 Å². The van der Waals surface area contributed by atoms with E-state index in [9.17, 15) is 22.4 Å². The second kappa shape index (κ2) is 9.57. The van der Waals surface area contributed by atoms with Crippen molar-refractivity contribution in [3.05, 3.63) is 70.6 Å². The molecule has 0 spiro atoms. The number of rotatable bonds is 8. The van der Waals surface area contributed by atoms with Gasteiger partial charge in [-0.2, -0.15) is 17.6 Å². The minimum Gasteiger partial charge on any atom is -0.343 e. The maximum absolute atomic E-state index is 13.5. The fourth-order valence-electron chi connectivity index (χ4n) is 3.19. The maximum Gasteiger partial charge on any atom is 0.283 e. The van der Waals surface area contributed by atoms with Gasteiger partial charge in [0.05, 0.1) is 11.2 Å².